The molecule has 15 heavy (non-hydrogen) atoms. The second kappa shape index (κ2) is 4.53. The molecule has 0 radical (unpaired) electrons. The van der Waals surface area contributed by atoms with E-state index in [-0.39, 0.29) is 4.90 Å². The summed E-state index contributed by atoms with van der Waals surface area (Å²) in [6.07, 6.45) is 1.15. The van der Waals surface area contributed by atoms with Crippen LogP contribution in [0.15, 0.2) is 23.1 Å². The van der Waals surface area contributed by atoms with Crippen molar-refractivity contribution >= 4 is 9.84 Å². The van der Waals surface area contributed by atoms with Gasteiger partial charge in [0.15, 0.2) is 21.3 Å². The van der Waals surface area contributed by atoms with Crippen LogP contribution in [0.25, 0.3) is 0 Å². The number of methoxy groups -OCH3 is 1. The predicted molar refractivity (Wildman–Crippen MR) is 57.3 cm³/mol. The van der Waals surface area contributed by atoms with E-state index >= 15 is 0 Å². The Morgan fingerprint density at radius 1 is 1.27 bits per heavy atom. The largest absolute Gasteiger partial charge is 0.493 e. The summed E-state index contributed by atoms with van der Waals surface area (Å²) in [6.45, 7) is 2.36. The number of ether oxygens (including phenoxy) is 2. The molecule has 1 rings (SSSR count). The Hall–Kier alpha value is -1.23. The Balaban J connectivity index is 3.19. The van der Waals surface area contributed by atoms with E-state index in [2.05, 4.69) is 0 Å². The third-order valence-electron chi connectivity index (χ3n) is 1.86. The monoisotopic (exact) mass is 230 g/mol. The van der Waals surface area contributed by atoms with Gasteiger partial charge in [0.25, 0.3) is 0 Å². The molecular formula is C10H14O4S. The molecule has 0 saturated carbocycles. The van der Waals surface area contributed by atoms with Crippen molar-refractivity contribution < 1.29 is 17.9 Å². The summed E-state index contributed by atoms with van der Waals surface area (Å²) in [5.74, 6) is 0.979. The van der Waals surface area contributed by atoms with Gasteiger partial charge >= 0.3 is 0 Å². The molecule has 1 aromatic carbocycles. The van der Waals surface area contributed by atoms with Gasteiger partial charge < -0.3 is 9.47 Å². The van der Waals surface area contributed by atoms with Gasteiger partial charge in [-0.2, -0.15) is 0 Å². The highest BCUT2D eigenvalue weighted by atomic mass is 32.2. The first-order valence-electron chi connectivity index (χ1n) is 4.50. The standard InChI is InChI=1S/C10H14O4S/c1-4-14-9-6-5-8(15(3,11)12)7-10(9)13-2/h5-7H,4H2,1-3H3. The average Bonchev–Trinajstić information content (AvgIpc) is 2.17. The van der Waals surface area contributed by atoms with E-state index < -0.39 is 9.84 Å². The maximum absolute atomic E-state index is 11.3. The van der Waals surface area contributed by atoms with Crippen LogP contribution < -0.4 is 9.47 Å². The van der Waals surface area contributed by atoms with Crippen molar-refractivity contribution in [3.05, 3.63) is 18.2 Å². The molecule has 1 aromatic rings. The molecule has 0 heterocycles. The maximum Gasteiger partial charge on any atom is 0.175 e. The van der Waals surface area contributed by atoms with Gasteiger partial charge in [-0.05, 0) is 19.1 Å². The molecule has 0 saturated heterocycles. The molecule has 0 fully saturated rings. The second-order valence-corrected chi connectivity index (χ2v) is 5.03. The lowest BCUT2D eigenvalue weighted by Gasteiger charge is -2.09. The highest BCUT2D eigenvalue weighted by Crippen LogP contribution is 2.29. The van der Waals surface area contributed by atoms with Gasteiger partial charge in [-0.3, -0.25) is 0 Å². The van der Waals surface area contributed by atoms with Crippen LogP contribution in [0.3, 0.4) is 0 Å². The van der Waals surface area contributed by atoms with Gasteiger partial charge in [-0.25, -0.2) is 8.42 Å². The maximum atomic E-state index is 11.3. The van der Waals surface area contributed by atoms with Crippen molar-refractivity contribution in [1.29, 1.82) is 0 Å². The summed E-state index contributed by atoms with van der Waals surface area (Å²) in [5.41, 5.74) is 0. The molecule has 0 bridgehead atoms. The minimum Gasteiger partial charge on any atom is -0.493 e. The minimum atomic E-state index is -3.20. The molecule has 0 aliphatic heterocycles. The van der Waals surface area contributed by atoms with Crippen LogP contribution in [0.2, 0.25) is 0 Å². The first kappa shape index (κ1) is 11.8. The number of sulfone groups is 1. The molecule has 0 N–H and O–H groups in total. The summed E-state index contributed by atoms with van der Waals surface area (Å²) < 4.78 is 32.9. The molecule has 4 nitrogen and oxygen atoms in total. The van der Waals surface area contributed by atoms with Crippen LogP contribution in [-0.2, 0) is 9.84 Å². The first-order chi connectivity index (χ1) is 6.99. The summed E-state index contributed by atoms with van der Waals surface area (Å²) in [5, 5.41) is 0. The predicted octanol–water partition coefficient (Wildman–Crippen LogP) is 1.50. The lowest BCUT2D eigenvalue weighted by Crippen LogP contribution is -2.00. The van der Waals surface area contributed by atoms with E-state index in [0.29, 0.717) is 18.1 Å². The van der Waals surface area contributed by atoms with Gasteiger partial charge in [0.05, 0.1) is 18.6 Å². The van der Waals surface area contributed by atoms with E-state index in [0.717, 1.165) is 6.26 Å². The molecule has 0 spiro atoms. The van der Waals surface area contributed by atoms with Gasteiger partial charge in [0.2, 0.25) is 0 Å². The second-order valence-electron chi connectivity index (χ2n) is 3.02. The van der Waals surface area contributed by atoms with Gasteiger partial charge in [0.1, 0.15) is 0 Å². The van der Waals surface area contributed by atoms with Crippen LogP contribution in [0, 0.1) is 0 Å². The number of hydrogen-bond acceptors (Lipinski definition) is 4. The summed E-state index contributed by atoms with van der Waals surface area (Å²) in [7, 11) is -1.73. The molecule has 0 amide bonds. The quantitative estimate of drug-likeness (QED) is 0.786. The van der Waals surface area contributed by atoms with Crippen LogP contribution in [0.4, 0.5) is 0 Å². The van der Waals surface area contributed by atoms with Crippen molar-refractivity contribution in [1.82, 2.24) is 0 Å². The topological polar surface area (TPSA) is 52.6 Å². The Labute approximate surface area is 89.7 Å². The third-order valence-corrected chi connectivity index (χ3v) is 2.97. The smallest absolute Gasteiger partial charge is 0.175 e. The van der Waals surface area contributed by atoms with E-state index in [4.69, 9.17) is 9.47 Å². The van der Waals surface area contributed by atoms with E-state index in [9.17, 15) is 8.42 Å². The fourth-order valence-electron chi connectivity index (χ4n) is 1.15. The molecule has 0 aromatic heterocycles. The summed E-state index contributed by atoms with van der Waals surface area (Å²) in [4.78, 5) is 0.225. The summed E-state index contributed by atoms with van der Waals surface area (Å²) >= 11 is 0. The SMILES string of the molecule is CCOc1ccc(S(C)(=O)=O)cc1OC. The first-order valence-corrected chi connectivity index (χ1v) is 6.39. The summed E-state index contributed by atoms with van der Waals surface area (Å²) in [6, 6.07) is 4.56. The van der Waals surface area contributed by atoms with Gasteiger partial charge in [0, 0.05) is 12.3 Å². The number of hydrogen-bond donors (Lipinski definition) is 0. The van der Waals surface area contributed by atoms with Crippen LogP contribution >= 0.6 is 0 Å². The van der Waals surface area contributed by atoms with Crippen LogP contribution in [0.1, 0.15) is 6.92 Å². The Morgan fingerprint density at radius 2 is 1.93 bits per heavy atom. The zero-order valence-electron chi connectivity index (χ0n) is 8.98. The Kier molecular flexibility index (Phi) is 3.57. The Bertz CT molecular complexity index is 437. The highest BCUT2D eigenvalue weighted by Gasteiger charge is 2.11. The van der Waals surface area contributed by atoms with Crippen molar-refractivity contribution in [2.75, 3.05) is 20.0 Å². The number of benzene rings is 1. The molecule has 5 heteroatoms. The average molecular weight is 230 g/mol. The zero-order chi connectivity index (χ0) is 11.5. The molecule has 0 unspecified atom stereocenters. The van der Waals surface area contributed by atoms with E-state index in [1.54, 1.807) is 6.07 Å². The van der Waals surface area contributed by atoms with Crippen molar-refractivity contribution in [2.24, 2.45) is 0 Å². The van der Waals surface area contributed by atoms with E-state index in [1.165, 1.54) is 19.2 Å². The highest BCUT2D eigenvalue weighted by molar-refractivity contribution is 7.90. The fraction of sp³-hybridized carbons (Fsp3) is 0.400. The molecule has 84 valence electrons. The zero-order valence-corrected chi connectivity index (χ0v) is 9.80. The minimum absolute atomic E-state index is 0.225. The van der Waals surface area contributed by atoms with E-state index in [1.807, 2.05) is 6.92 Å². The molecule has 0 atom stereocenters. The van der Waals surface area contributed by atoms with Crippen LogP contribution in [-0.4, -0.2) is 28.4 Å². The molecular weight excluding hydrogens is 216 g/mol. The Morgan fingerprint density at radius 3 is 2.40 bits per heavy atom. The third kappa shape index (κ3) is 2.86. The normalized spacial score (nSPS) is 11.1. The van der Waals surface area contributed by atoms with Gasteiger partial charge in [-0.1, -0.05) is 0 Å². The molecule has 0 aliphatic carbocycles. The molecule has 0 aliphatic rings. The van der Waals surface area contributed by atoms with Gasteiger partial charge in [-0.15, -0.1) is 0 Å². The van der Waals surface area contributed by atoms with Crippen molar-refractivity contribution in [3.63, 3.8) is 0 Å². The number of rotatable bonds is 4. The van der Waals surface area contributed by atoms with Crippen molar-refractivity contribution in [2.45, 2.75) is 11.8 Å². The lowest BCUT2D eigenvalue weighted by atomic mass is 10.3. The fourth-order valence-corrected chi connectivity index (χ4v) is 1.79. The lowest BCUT2D eigenvalue weighted by molar-refractivity contribution is 0.310. The van der Waals surface area contributed by atoms with Crippen molar-refractivity contribution in [3.8, 4) is 11.5 Å². The van der Waals surface area contributed by atoms with Crippen LogP contribution in [0.5, 0.6) is 11.5 Å².